The zero-order chi connectivity index (χ0) is 12.2. The molecular formula is C9H16BrN5O. The van der Waals surface area contributed by atoms with Crippen LogP contribution in [0, 0.1) is 0 Å². The van der Waals surface area contributed by atoms with E-state index in [0.29, 0.717) is 29.1 Å². The summed E-state index contributed by atoms with van der Waals surface area (Å²) in [7, 11) is 0. The van der Waals surface area contributed by atoms with Gasteiger partial charge in [0.25, 0.3) is 0 Å². The lowest BCUT2D eigenvalue weighted by Crippen LogP contribution is -2.32. The van der Waals surface area contributed by atoms with Gasteiger partial charge in [-0.1, -0.05) is 6.92 Å². The number of rotatable bonds is 5. The number of nitrogen functional groups attached to an aromatic ring is 1. The van der Waals surface area contributed by atoms with Gasteiger partial charge in [-0.25, -0.2) is 15.8 Å². The molecule has 0 aliphatic carbocycles. The van der Waals surface area contributed by atoms with E-state index in [1.165, 1.54) is 6.33 Å². The Morgan fingerprint density at radius 2 is 2.12 bits per heavy atom. The summed E-state index contributed by atoms with van der Waals surface area (Å²) in [6.07, 6.45) is 2.05. The minimum Gasteiger partial charge on any atom is -0.388 e. The second-order valence-electron chi connectivity index (χ2n) is 3.73. The van der Waals surface area contributed by atoms with Gasteiger partial charge in [-0.2, -0.15) is 0 Å². The monoisotopic (exact) mass is 289 g/mol. The van der Waals surface area contributed by atoms with Crippen molar-refractivity contribution in [1.29, 1.82) is 0 Å². The summed E-state index contributed by atoms with van der Waals surface area (Å²) in [6.45, 7) is 4.09. The quantitative estimate of drug-likeness (QED) is 0.479. The molecule has 0 spiro atoms. The average Bonchev–Trinajstić information content (AvgIpc) is 2.28. The van der Waals surface area contributed by atoms with Crippen molar-refractivity contribution in [3.05, 3.63) is 10.8 Å². The number of aromatic nitrogens is 2. The summed E-state index contributed by atoms with van der Waals surface area (Å²) in [5, 5.41) is 12.9. The minimum atomic E-state index is -0.763. The van der Waals surface area contributed by atoms with Crippen molar-refractivity contribution < 1.29 is 5.11 Å². The third kappa shape index (κ3) is 3.29. The molecule has 0 aliphatic rings. The Balaban J connectivity index is 2.75. The SMILES string of the molecule is CCC(C)(O)CNc1ncnc(NN)c1Br. The van der Waals surface area contributed by atoms with E-state index in [1.54, 1.807) is 6.92 Å². The molecule has 16 heavy (non-hydrogen) atoms. The Hall–Kier alpha value is -0.920. The van der Waals surface area contributed by atoms with Crippen molar-refractivity contribution in [3.8, 4) is 0 Å². The molecule has 1 aromatic heterocycles. The first-order valence-corrected chi connectivity index (χ1v) is 5.73. The number of hydrogen-bond donors (Lipinski definition) is 4. The van der Waals surface area contributed by atoms with E-state index in [0.717, 1.165) is 0 Å². The number of hydrazine groups is 1. The number of anilines is 2. The van der Waals surface area contributed by atoms with Crippen molar-refractivity contribution in [1.82, 2.24) is 9.97 Å². The smallest absolute Gasteiger partial charge is 0.159 e. The van der Waals surface area contributed by atoms with Gasteiger partial charge in [0.05, 0.1) is 5.60 Å². The third-order valence-corrected chi connectivity index (χ3v) is 3.08. The number of nitrogens with one attached hydrogen (secondary N) is 2. The first-order chi connectivity index (χ1) is 7.50. The molecule has 0 radical (unpaired) electrons. The highest BCUT2D eigenvalue weighted by Gasteiger charge is 2.18. The number of hydrogen-bond acceptors (Lipinski definition) is 6. The summed E-state index contributed by atoms with van der Waals surface area (Å²) in [4.78, 5) is 7.97. The lowest BCUT2D eigenvalue weighted by Gasteiger charge is -2.22. The maximum absolute atomic E-state index is 9.84. The van der Waals surface area contributed by atoms with Crippen molar-refractivity contribution in [2.45, 2.75) is 25.9 Å². The topological polar surface area (TPSA) is 96.1 Å². The van der Waals surface area contributed by atoms with Crippen LogP contribution in [0.2, 0.25) is 0 Å². The highest BCUT2D eigenvalue weighted by Crippen LogP contribution is 2.26. The van der Waals surface area contributed by atoms with E-state index in [4.69, 9.17) is 5.84 Å². The largest absolute Gasteiger partial charge is 0.388 e. The Morgan fingerprint density at radius 3 is 2.69 bits per heavy atom. The molecule has 0 fully saturated rings. The maximum atomic E-state index is 9.84. The number of halogens is 1. The van der Waals surface area contributed by atoms with Crippen LogP contribution in [0.3, 0.4) is 0 Å². The number of nitrogens with zero attached hydrogens (tertiary/aromatic N) is 2. The molecule has 7 heteroatoms. The first kappa shape index (κ1) is 13.1. The summed E-state index contributed by atoms with van der Waals surface area (Å²) in [5.41, 5.74) is 1.68. The molecule has 90 valence electrons. The standard InChI is InChI=1S/C9H16BrN5O/c1-3-9(2,16)4-12-7-6(10)8(15-11)14-5-13-7/h5,16H,3-4,11H2,1-2H3,(H2,12,13,14,15). The van der Waals surface area contributed by atoms with Gasteiger partial charge in [-0.05, 0) is 29.3 Å². The Bertz CT molecular complexity index is 358. The summed E-state index contributed by atoms with van der Waals surface area (Å²) >= 11 is 3.32. The van der Waals surface area contributed by atoms with Crippen LogP contribution in [0.25, 0.3) is 0 Å². The van der Waals surface area contributed by atoms with Gasteiger partial charge in [-0.15, -0.1) is 0 Å². The minimum absolute atomic E-state index is 0.406. The Labute approximate surface area is 103 Å². The van der Waals surface area contributed by atoms with Crippen molar-refractivity contribution >= 4 is 27.6 Å². The molecule has 0 saturated carbocycles. The van der Waals surface area contributed by atoms with E-state index < -0.39 is 5.60 Å². The fourth-order valence-corrected chi connectivity index (χ4v) is 1.45. The zero-order valence-electron chi connectivity index (χ0n) is 9.29. The number of nitrogens with two attached hydrogens (primary N) is 1. The molecular weight excluding hydrogens is 274 g/mol. The van der Waals surface area contributed by atoms with Crippen LogP contribution in [0.5, 0.6) is 0 Å². The van der Waals surface area contributed by atoms with E-state index in [1.807, 2.05) is 6.92 Å². The zero-order valence-corrected chi connectivity index (χ0v) is 10.9. The molecule has 0 amide bonds. The van der Waals surface area contributed by atoms with Crippen LogP contribution >= 0.6 is 15.9 Å². The van der Waals surface area contributed by atoms with Gasteiger partial charge in [-0.3, -0.25) is 0 Å². The van der Waals surface area contributed by atoms with Crippen LogP contribution in [-0.4, -0.2) is 27.2 Å². The van der Waals surface area contributed by atoms with Crippen LogP contribution < -0.4 is 16.6 Å². The second-order valence-corrected chi connectivity index (χ2v) is 4.53. The van der Waals surface area contributed by atoms with Gasteiger partial charge < -0.3 is 15.8 Å². The predicted molar refractivity (Wildman–Crippen MR) is 66.9 cm³/mol. The molecule has 6 nitrogen and oxygen atoms in total. The summed E-state index contributed by atoms with van der Waals surface area (Å²) in [6, 6.07) is 0. The van der Waals surface area contributed by atoms with Gasteiger partial charge in [0.2, 0.25) is 0 Å². The first-order valence-electron chi connectivity index (χ1n) is 4.93. The normalized spacial score (nSPS) is 14.3. The highest BCUT2D eigenvalue weighted by atomic mass is 79.9. The van der Waals surface area contributed by atoms with Crippen molar-refractivity contribution in [2.24, 2.45) is 5.84 Å². The molecule has 0 bridgehead atoms. The van der Waals surface area contributed by atoms with Crippen LogP contribution in [0.15, 0.2) is 10.8 Å². The van der Waals surface area contributed by atoms with Crippen LogP contribution in [-0.2, 0) is 0 Å². The van der Waals surface area contributed by atoms with E-state index in [2.05, 4.69) is 36.6 Å². The van der Waals surface area contributed by atoms with Crippen LogP contribution in [0.4, 0.5) is 11.6 Å². The third-order valence-electron chi connectivity index (χ3n) is 2.32. The molecule has 1 heterocycles. The van der Waals surface area contributed by atoms with Crippen LogP contribution in [0.1, 0.15) is 20.3 Å². The molecule has 1 aromatic rings. The molecule has 0 aromatic carbocycles. The molecule has 5 N–H and O–H groups in total. The predicted octanol–water partition coefficient (Wildman–Crippen LogP) is 1.10. The fourth-order valence-electron chi connectivity index (χ4n) is 0.993. The Morgan fingerprint density at radius 1 is 1.50 bits per heavy atom. The molecule has 0 aliphatic heterocycles. The lowest BCUT2D eigenvalue weighted by molar-refractivity contribution is 0.0696. The number of aliphatic hydroxyl groups is 1. The van der Waals surface area contributed by atoms with E-state index >= 15 is 0 Å². The fraction of sp³-hybridized carbons (Fsp3) is 0.556. The molecule has 0 saturated heterocycles. The molecule has 1 rings (SSSR count). The van der Waals surface area contributed by atoms with E-state index in [-0.39, 0.29) is 0 Å². The lowest BCUT2D eigenvalue weighted by atomic mass is 10.0. The molecule has 1 unspecified atom stereocenters. The van der Waals surface area contributed by atoms with Gasteiger partial charge >= 0.3 is 0 Å². The van der Waals surface area contributed by atoms with Gasteiger partial charge in [0, 0.05) is 6.54 Å². The van der Waals surface area contributed by atoms with Gasteiger partial charge in [0.1, 0.15) is 16.6 Å². The van der Waals surface area contributed by atoms with Gasteiger partial charge in [0.15, 0.2) is 5.82 Å². The summed E-state index contributed by atoms with van der Waals surface area (Å²) < 4.78 is 0.643. The summed E-state index contributed by atoms with van der Waals surface area (Å²) in [5.74, 6) is 6.37. The molecule has 1 atom stereocenters. The van der Waals surface area contributed by atoms with E-state index in [9.17, 15) is 5.11 Å². The van der Waals surface area contributed by atoms with Crippen molar-refractivity contribution in [2.75, 3.05) is 17.3 Å². The average molecular weight is 290 g/mol. The second kappa shape index (κ2) is 5.42. The maximum Gasteiger partial charge on any atom is 0.159 e. The Kier molecular flexibility index (Phi) is 4.45. The highest BCUT2D eigenvalue weighted by molar-refractivity contribution is 9.10. The van der Waals surface area contributed by atoms with Crippen molar-refractivity contribution in [3.63, 3.8) is 0 Å².